The van der Waals surface area contributed by atoms with Crippen LogP contribution in [0, 0.1) is 68.0 Å². The molecule has 3 amide bonds. The number of carbonyl (C=O) groups excluding carboxylic acids is 7. The molecule has 0 aromatic carbocycles. The summed E-state index contributed by atoms with van der Waals surface area (Å²) in [5, 5.41) is 65.8. The Bertz CT molecular complexity index is 2520. The fourth-order valence-corrected chi connectivity index (χ4v) is 16.7. The van der Waals surface area contributed by atoms with Crippen molar-refractivity contribution in [2.45, 2.75) is 253 Å². The minimum Gasteiger partial charge on any atom is -0.467 e. The molecule has 22 heteroatoms. The van der Waals surface area contributed by atoms with Crippen molar-refractivity contribution in [3.63, 3.8) is 0 Å². The maximum atomic E-state index is 15.5. The van der Waals surface area contributed by atoms with Crippen LogP contribution < -0.4 is 16.0 Å². The van der Waals surface area contributed by atoms with Gasteiger partial charge in [-0.15, -0.1) is 0 Å². The summed E-state index contributed by atoms with van der Waals surface area (Å²) in [6.45, 7) is 26.4. The quantitative estimate of drug-likeness (QED) is 0.0513. The maximum absolute atomic E-state index is 15.5. The van der Waals surface area contributed by atoms with E-state index in [1.165, 1.54) is 14.2 Å². The smallest absolute Gasteiger partial charge is 0.328 e. The van der Waals surface area contributed by atoms with E-state index in [4.69, 9.17) is 33.2 Å². The zero-order chi connectivity index (χ0) is 63.4. The summed E-state index contributed by atoms with van der Waals surface area (Å²) in [6.07, 6.45) is -12.0. The lowest BCUT2D eigenvalue weighted by atomic mass is 9.33. The van der Waals surface area contributed by atoms with Gasteiger partial charge >= 0.3 is 17.9 Å². The number of amides is 3. The van der Waals surface area contributed by atoms with Gasteiger partial charge in [0.05, 0.1) is 27.4 Å². The Morgan fingerprint density at radius 3 is 1.58 bits per heavy atom. The molecule has 2 aliphatic heterocycles. The van der Waals surface area contributed by atoms with Gasteiger partial charge in [-0.05, 0) is 140 Å². The number of carbonyl (C=O) groups is 7. The van der Waals surface area contributed by atoms with Crippen LogP contribution in [-0.2, 0) is 66.7 Å². The molecule has 482 valence electrons. The molecular weight excluding hydrogens is 1100 g/mol. The van der Waals surface area contributed by atoms with Gasteiger partial charge in [0.25, 0.3) is 11.8 Å². The van der Waals surface area contributed by atoms with Crippen molar-refractivity contribution in [2.24, 2.45) is 68.0 Å². The van der Waals surface area contributed by atoms with Crippen LogP contribution in [0.3, 0.4) is 0 Å². The molecule has 0 aromatic heterocycles. The molecule has 0 spiro atoms. The van der Waals surface area contributed by atoms with E-state index >= 15 is 4.79 Å². The number of methoxy groups -OCH3 is 3. The van der Waals surface area contributed by atoms with Gasteiger partial charge in [0.2, 0.25) is 5.91 Å². The summed E-state index contributed by atoms with van der Waals surface area (Å²) in [7, 11) is 3.64. The van der Waals surface area contributed by atoms with E-state index in [1.54, 1.807) is 0 Å². The van der Waals surface area contributed by atoms with E-state index < -0.39 is 148 Å². The van der Waals surface area contributed by atoms with Crippen molar-refractivity contribution >= 4 is 41.4 Å². The lowest BCUT2D eigenvalue weighted by Gasteiger charge is -2.70. The first-order valence-corrected chi connectivity index (χ1v) is 30.9. The minimum absolute atomic E-state index is 0.0462. The first-order valence-electron chi connectivity index (χ1n) is 30.9. The fraction of sp³-hybridized carbons (Fsp3) is 0.857. The van der Waals surface area contributed by atoms with Crippen LogP contribution in [0.4, 0.5) is 0 Å². The first-order chi connectivity index (χ1) is 39.5. The Kier molecular flexibility index (Phi) is 20.7. The highest BCUT2D eigenvalue weighted by Gasteiger charge is 2.71. The number of ether oxygens (including phenoxy) is 7. The zero-order valence-electron chi connectivity index (χ0n) is 53.1. The summed E-state index contributed by atoms with van der Waals surface area (Å²) < 4.78 is 40.4. The van der Waals surface area contributed by atoms with Crippen LogP contribution in [0.15, 0.2) is 11.6 Å². The van der Waals surface area contributed by atoms with Crippen LogP contribution in [0.5, 0.6) is 0 Å². The number of hydrogen-bond donors (Lipinski definition) is 8. The van der Waals surface area contributed by atoms with E-state index in [9.17, 15) is 54.3 Å². The monoisotopic (exact) mass is 1200 g/mol. The molecule has 22 nitrogen and oxygen atoms in total. The lowest BCUT2D eigenvalue weighted by molar-refractivity contribution is -0.369. The molecule has 22 unspecified atom stereocenters. The van der Waals surface area contributed by atoms with Gasteiger partial charge < -0.3 is 74.6 Å². The average molecular weight is 1200 g/mol. The number of rotatable bonds is 19. The molecule has 0 bridgehead atoms. The first kappa shape index (κ1) is 68.4. The Morgan fingerprint density at radius 1 is 0.588 bits per heavy atom. The number of aliphatic hydroxyl groups is 5. The number of fused-ring (bicyclic) bond motifs is 7. The van der Waals surface area contributed by atoms with Gasteiger partial charge in [-0.2, -0.15) is 0 Å². The SMILES string of the molecule is COC(=O)C(CC(C)C)NC(=O)C1OC(OC2C(OC3CCC4(C)C(CCC5(C)C4C(=O)C=C4C6CC(C)(C(=O)NC(CC(C)C)C(=O)OC)CCC6(C)CCC45C)C3(C)C)OC(C(=O)NC(CC(C)C)C(=O)OC)C(O)C2O)C(O)C(O)C1O. The molecule has 6 fully saturated rings. The average Bonchev–Trinajstić information content (AvgIpc) is 0.710. The number of esters is 3. The minimum atomic E-state index is -2.09. The summed E-state index contributed by atoms with van der Waals surface area (Å²) in [5.41, 5.74) is -2.14. The van der Waals surface area contributed by atoms with Gasteiger partial charge in [-0.1, -0.05) is 95.6 Å². The molecule has 22 atom stereocenters. The second-order valence-corrected chi connectivity index (χ2v) is 29.2. The standard InChI is InChI=1S/C63H101N3O19/c1-30(2)25-35(52(75)79-14)64-50(73)46-42(69)41(68)45(72)55(83-46)85-48-44(71)43(70)47(51(74)65-36(26-31(3)4)53(76)80-15)84-56(48)82-40-18-19-61(11)39(58(40,7)8)17-20-63(13)49(61)38(67)28-33-34-29-60(10,22-21-59(34,9)23-24-62(33,63)12)57(78)66-37(27-32(5)6)54(77)81-16/h28,30-32,34-37,39-49,55-56,68-72H,17-27,29H2,1-16H3,(H,64,73)(H,65,74)(H,66,78). The second kappa shape index (κ2) is 25.8. The number of aliphatic hydroxyl groups excluding tert-OH is 5. The highest BCUT2D eigenvalue weighted by Crippen LogP contribution is 2.75. The predicted octanol–water partition coefficient (Wildman–Crippen LogP) is 4.10. The van der Waals surface area contributed by atoms with E-state index in [1.807, 2.05) is 68.4 Å². The third-order valence-electron chi connectivity index (χ3n) is 21.8. The van der Waals surface area contributed by atoms with E-state index in [0.717, 1.165) is 31.9 Å². The fourth-order valence-electron chi connectivity index (χ4n) is 16.7. The van der Waals surface area contributed by atoms with Crippen LogP contribution >= 0.6 is 0 Å². The van der Waals surface area contributed by atoms with E-state index in [-0.39, 0.29) is 59.5 Å². The van der Waals surface area contributed by atoms with Crippen molar-refractivity contribution in [3.05, 3.63) is 11.6 Å². The normalized spacial score (nSPS) is 40.7. The van der Waals surface area contributed by atoms with Gasteiger partial charge in [-0.3, -0.25) is 19.2 Å². The van der Waals surface area contributed by atoms with Gasteiger partial charge in [0, 0.05) is 11.3 Å². The summed E-state index contributed by atoms with van der Waals surface area (Å²) in [4.78, 5) is 96.5. The summed E-state index contributed by atoms with van der Waals surface area (Å²) in [6, 6.07) is -3.13. The molecule has 0 radical (unpaired) electrons. The Morgan fingerprint density at radius 2 is 1.07 bits per heavy atom. The van der Waals surface area contributed by atoms with Crippen LogP contribution in [0.1, 0.15) is 167 Å². The highest BCUT2D eigenvalue weighted by molar-refractivity contribution is 5.96. The van der Waals surface area contributed by atoms with E-state index in [2.05, 4.69) is 43.6 Å². The molecule has 4 saturated carbocycles. The van der Waals surface area contributed by atoms with Gasteiger partial charge in [-0.25, -0.2) is 14.4 Å². The second-order valence-electron chi connectivity index (χ2n) is 29.2. The summed E-state index contributed by atoms with van der Waals surface area (Å²) >= 11 is 0. The third kappa shape index (κ3) is 12.9. The molecule has 7 rings (SSSR count). The van der Waals surface area contributed by atoms with Crippen molar-refractivity contribution in [3.8, 4) is 0 Å². The molecular formula is C63H101N3O19. The van der Waals surface area contributed by atoms with Crippen molar-refractivity contribution in [2.75, 3.05) is 21.3 Å². The Balaban J connectivity index is 1.19. The van der Waals surface area contributed by atoms with Crippen molar-refractivity contribution in [1.29, 1.82) is 0 Å². The van der Waals surface area contributed by atoms with Crippen molar-refractivity contribution < 1.29 is 92.3 Å². The molecule has 0 aromatic rings. The molecule has 8 N–H and O–H groups in total. The Hall–Kier alpha value is -4.13. The topological polar surface area (TPSA) is 321 Å². The summed E-state index contributed by atoms with van der Waals surface area (Å²) in [5.74, 6) is -4.92. The van der Waals surface area contributed by atoms with Gasteiger partial charge in [0.1, 0.15) is 54.7 Å². The third-order valence-corrected chi connectivity index (χ3v) is 21.8. The highest BCUT2D eigenvalue weighted by atomic mass is 16.8. The number of ketones is 1. The van der Waals surface area contributed by atoms with Gasteiger partial charge in [0.15, 0.2) is 30.6 Å². The maximum Gasteiger partial charge on any atom is 0.328 e. The molecule has 5 aliphatic carbocycles. The molecule has 2 heterocycles. The van der Waals surface area contributed by atoms with E-state index in [0.29, 0.717) is 44.9 Å². The largest absolute Gasteiger partial charge is 0.467 e. The van der Waals surface area contributed by atoms with Crippen molar-refractivity contribution in [1.82, 2.24) is 16.0 Å². The zero-order valence-corrected chi connectivity index (χ0v) is 53.1. The number of nitrogens with one attached hydrogen (secondary N) is 3. The molecule has 2 saturated heterocycles. The van der Waals surface area contributed by atoms with Crippen LogP contribution in [-0.4, -0.2) is 174 Å². The molecule has 7 aliphatic rings. The Labute approximate surface area is 501 Å². The predicted molar refractivity (Wildman–Crippen MR) is 307 cm³/mol. The number of hydrogen-bond acceptors (Lipinski definition) is 19. The van der Waals surface area contributed by atoms with Crippen LogP contribution in [0.25, 0.3) is 0 Å². The van der Waals surface area contributed by atoms with Crippen LogP contribution in [0.2, 0.25) is 0 Å². The lowest BCUT2D eigenvalue weighted by Crippen LogP contribution is -2.69. The molecule has 85 heavy (non-hydrogen) atoms. The number of allylic oxidation sites excluding steroid dienone is 2.